The molecular weight excluding hydrogens is 226 g/mol. The highest BCUT2D eigenvalue weighted by Crippen LogP contribution is 2.27. The van der Waals surface area contributed by atoms with E-state index < -0.39 is 17.2 Å². The van der Waals surface area contributed by atoms with Gasteiger partial charge in [0.2, 0.25) is 0 Å². The van der Waals surface area contributed by atoms with Crippen LogP contribution >= 0.6 is 0 Å². The van der Waals surface area contributed by atoms with Crippen molar-refractivity contribution in [3.63, 3.8) is 0 Å². The number of carbonyl (C=O) groups excluding carboxylic acids is 1. The van der Waals surface area contributed by atoms with Crippen LogP contribution in [0, 0.1) is 11.6 Å². The van der Waals surface area contributed by atoms with Gasteiger partial charge in [0, 0.05) is 13.0 Å². The Labute approximate surface area is 98.6 Å². The summed E-state index contributed by atoms with van der Waals surface area (Å²) in [6.45, 7) is 2.34. The summed E-state index contributed by atoms with van der Waals surface area (Å²) in [6.07, 6.45) is 1.63. The van der Waals surface area contributed by atoms with Crippen LogP contribution in [0.1, 0.15) is 25.3 Å². The molecule has 2 nitrogen and oxygen atoms in total. The molecule has 0 spiro atoms. The Kier molecular flexibility index (Phi) is 3.24. The van der Waals surface area contributed by atoms with Crippen LogP contribution in [-0.2, 0) is 16.0 Å². The van der Waals surface area contributed by atoms with Crippen molar-refractivity contribution in [1.29, 1.82) is 0 Å². The molecule has 0 aromatic heterocycles. The predicted octanol–water partition coefficient (Wildman–Crippen LogP) is 2.65. The molecule has 1 fully saturated rings. The predicted molar refractivity (Wildman–Crippen MR) is 58.7 cm³/mol. The van der Waals surface area contributed by atoms with Gasteiger partial charge in [-0.25, -0.2) is 8.78 Å². The van der Waals surface area contributed by atoms with E-state index in [-0.39, 0.29) is 12.2 Å². The topological polar surface area (TPSA) is 26.3 Å². The fourth-order valence-corrected chi connectivity index (χ4v) is 2.02. The van der Waals surface area contributed by atoms with E-state index in [0.717, 1.165) is 18.6 Å². The average Bonchev–Trinajstić information content (AvgIpc) is 2.72. The minimum Gasteiger partial charge on any atom is -0.367 e. The third-order valence-corrected chi connectivity index (χ3v) is 3.16. The first-order valence-corrected chi connectivity index (χ1v) is 5.62. The van der Waals surface area contributed by atoms with Crippen molar-refractivity contribution in [3.8, 4) is 0 Å². The highest BCUT2D eigenvalue weighted by atomic mass is 19.2. The zero-order valence-corrected chi connectivity index (χ0v) is 9.63. The zero-order chi connectivity index (χ0) is 12.5. The van der Waals surface area contributed by atoms with Crippen LogP contribution in [0.2, 0.25) is 0 Å². The van der Waals surface area contributed by atoms with Crippen LogP contribution in [0.5, 0.6) is 0 Å². The Morgan fingerprint density at radius 1 is 1.41 bits per heavy atom. The van der Waals surface area contributed by atoms with Crippen LogP contribution in [-0.4, -0.2) is 18.0 Å². The summed E-state index contributed by atoms with van der Waals surface area (Å²) < 4.78 is 31.1. The molecule has 0 N–H and O–H groups in total. The molecule has 0 aliphatic carbocycles. The summed E-state index contributed by atoms with van der Waals surface area (Å²) in [5.41, 5.74) is -0.282. The normalized spacial score (nSPS) is 23.9. The van der Waals surface area contributed by atoms with E-state index in [4.69, 9.17) is 4.74 Å². The molecule has 1 aliphatic rings. The van der Waals surface area contributed by atoms with E-state index in [9.17, 15) is 13.6 Å². The van der Waals surface area contributed by atoms with Crippen molar-refractivity contribution < 1.29 is 18.3 Å². The van der Waals surface area contributed by atoms with Crippen LogP contribution in [0.3, 0.4) is 0 Å². The SMILES string of the molecule is CC1(C(=O)Cc2ccc(F)c(F)c2)CCCO1. The smallest absolute Gasteiger partial charge is 0.168 e. The van der Waals surface area contributed by atoms with Gasteiger partial charge in [-0.15, -0.1) is 0 Å². The summed E-state index contributed by atoms with van der Waals surface area (Å²) in [6, 6.07) is 3.52. The lowest BCUT2D eigenvalue weighted by molar-refractivity contribution is -0.136. The lowest BCUT2D eigenvalue weighted by Gasteiger charge is -2.21. The van der Waals surface area contributed by atoms with Gasteiger partial charge in [0.05, 0.1) is 0 Å². The Balaban J connectivity index is 2.10. The van der Waals surface area contributed by atoms with Crippen LogP contribution in [0.15, 0.2) is 18.2 Å². The van der Waals surface area contributed by atoms with Crippen molar-refractivity contribution in [2.45, 2.75) is 31.8 Å². The summed E-state index contributed by atoms with van der Waals surface area (Å²) >= 11 is 0. The molecule has 1 aromatic carbocycles. The Morgan fingerprint density at radius 3 is 2.76 bits per heavy atom. The largest absolute Gasteiger partial charge is 0.367 e. The van der Waals surface area contributed by atoms with Crippen LogP contribution in [0.4, 0.5) is 8.78 Å². The number of Topliss-reactive ketones (excluding diaryl/α,β-unsaturated/α-hetero) is 1. The molecule has 1 unspecified atom stereocenters. The second-order valence-corrected chi connectivity index (χ2v) is 4.53. The molecule has 1 aromatic rings. The van der Waals surface area contributed by atoms with Gasteiger partial charge in [-0.2, -0.15) is 0 Å². The number of hydrogen-bond acceptors (Lipinski definition) is 2. The van der Waals surface area contributed by atoms with Gasteiger partial charge in [-0.1, -0.05) is 6.07 Å². The monoisotopic (exact) mass is 240 g/mol. The Morgan fingerprint density at radius 2 is 2.18 bits per heavy atom. The van der Waals surface area contributed by atoms with Gasteiger partial charge in [-0.05, 0) is 37.5 Å². The molecule has 17 heavy (non-hydrogen) atoms. The Bertz CT molecular complexity index is 437. The van der Waals surface area contributed by atoms with Gasteiger partial charge < -0.3 is 4.74 Å². The third kappa shape index (κ3) is 2.52. The number of ether oxygens (including phenoxy) is 1. The number of benzene rings is 1. The van der Waals surface area contributed by atoms with Crippen molar-refractivity contribution in [2.75, 3.05) is 6.61 Å². The maximum absolute atomic E-state index is 13.0. The minimum absolute atomic E-state index is 0.0771. The van der Waals surface area contributed by atoms with Crippen LogP contribution in [0.25, 0.3) is 0 Å². The maximum Gasteiger partial charge on any atom is 0.168 e. The quantitative estimate of drug-likeness (QED) is 0.811. The molecular formula is C13H14F2O2. The molecule has 92 valence electrons. The molecule has 0 amide bonds. The Hall–Kier alpha value is -1.29. The molecule has 4 heteroatoms. The summed E-state index contributed by atoms with van der Waals surface area (Å²) in [5, 5.41) is 0. The summed E-state index contributed by atoms with van der Waals surface area (Å²) in [4.78, 5) is 12.0. The molecule has 0 saturated carbocycles. The second-order valence-electron chi connectivity index (χ2n) is 4.53. The number of halogens is 2. The highest BCUT2D eigenvalue weighted by Gasteiger charge is 2.37. The third-order valence-electron chi connectivity index (χ3n) is 3.16. The van der Waals surface area contributed by atoms with Crippen molar-refractivity contribution >= 4 is 5.78 Å². The van der Waals surface area contributed by atoms with E-state index in [2.05, 4.69) is 0 Å². The first-order chi connectivity index (χ1) is 8.01. The van der Waals surface area contributed by atoms with Gasteiger partial charge in [-0.3, -0.25) is 4.79 Å². The molecule has 0 radical (unpaired) electrons. The van der Waals surface area contributed by atoms with Crippen molar-refractivity contribution in [2.24, 2.45) is 0 Å². The average molecular weight is 240 g/mol. The standard InChI is InChI=1S/C13H14F2O2/c1-13(5-2-6-17-13)12(16)8-9-3-4-10(14)11(15)7-9/h3-4,7H,2,5-6,8H2,1H3. The van der Waals surface area contributed by atoms with Gasteiger partial charge in [0.1, 0.15) is 5.60 Å². The van der Waals surface area contributed by atoms with Gasteiger partial charge in [0.25, 0.3) is 0 Å². The van der Waals surface area contributed by atoms with E-state index in [0.29, 0.717) is 18.6 Å². The maximum atomic E-state index is 13.0. The molecule has 1 saturated heterocycles. The van der Waals surface area contributed by atoms with Crippen molar-refractivity contribution in [3.05, 3.63) is 35.4 Å². The van der Waals surface area contributed by atoms with E-state index in [1.165, 1.54) is 6.07 Å². The lowest BCUT2D eigenvalue weighted by atomic mass is 9.92. The number of rotatable bonds is 3. The van der Waals surface area contributed by atoms with Crippen molar-refractivity contribution in [1.82, 2.24) is 0 Å². The van der Waals surface area contributed by atoms with E-state index in [1.807, 2.05) is 0 Å². The second kappa shape index (κ2) is 4.53. The first-order valence-electron chi connectivity index (χ1n) is 5.62. The van der Waals surface area contributed by atoms with E-state index in [1.54, 1.807) is 6.92 Å². The fourth-order valence-electron chi connectivity index (χ4n) is 2.02. The van der Waals surface area contributed by atoms with Gasteiger partial charge in [0.15, 0.2) is 17.4 Å². The van der Waals surface area contributed by atoms with E-state index >= 15 is 0 Å². The number of ketones is 1. The number of carbonyl (C=O) groups is 1. The summed E-state index contributed by atoms with van der Waals surface area (Å²) in [5.74, 6) is -1.90. The minimum atomic E-state index is -0.923. The molecule has 2 rings (SSSR count). The van der Waals surface area contributed by atoms with Gasteiger partial charge >= 0.3 is 0 Å². The summed E-state index contributed by atoms with van der Waals surface area (Å²) in [7, 11) is 0. The molecule has 0 bridgehead atoms. The zero-order valence-electron chi connectivity index (χ0n) is 9.63. The van der Waals surface area contributed by atoms with Crippen LogP contribution < -0.4 is 0 Å². The number of hydrogen-bond donors (Lipinski definition) is 0. The lowest BCUT2D eigenvalue weighted by Crippen LogP contribution is -2.35. The first kappa shape index (κ1) is 12.2. The highest BCUT2D eigenvalue weighted by molar-refractivity contribution is 5.89. The molecule has 1 aliphatic heterocycles. The molecule has 1 heterocycles. The molecule has 1 atom stereocenters. The fraction of sp³-hybridized carbons (Fsp3) is 0.462.